The Bertz CT molecular complexity index is 557. The number of hydrogen-bond acceptors (Lipinski definition) is 8. The van der Waals surface area contributed by atoms with E-state index in [2.05, 4.69) is 83.1 Å². The summed E-state index contributed by atoms with van der Waals surface area (Å²) in [6.07, 6.45) is 11.3. The molecule has 0 aromatic rings. The fourth-order valence-electron chi connectivity index (χ4n) is 5.10. The van der Waals surface area contributed by atoms with Gasteiger partial charge < -0.3 is 37.9 Å². The van der Waals surface area contributed by atoms with Crippen molar-refractivity contribution in [1.29, 1.82) is 0 Å². The van der Waals surface area contributed by atoms with Crippen LogP contribution in [0.4, 0.5) is 0 Å². The summed E-state index contributed by atoms with van der Waals surface area (Å²) < 4.78 is 44.2. The Balaban J connectivity index is 0.000000293. The lowest BCUT2D eigenvalue weighted by molar-refractivity contribution is -0.210. The molecule has 3 unspecified atom stereocenters. The van der Waals surface area contributed by atoms with Gasteiger partial charge >= 0.3 is 0 Å². The van der Waals surface area contributed by atoms with Gasteiger partial charge in [0.25, 0.3) is 0 Å². The Kier molecular flexibility index (Phi) is 19.7. The van der Waals surface area contributed by atoms with Crippen LogP contribution >= 0.6 is 0 Å². The summed E-state index contributed by atoms with van der Waals surface area (Å²) in [6, 6.07) is 0. The Labute approximate surface area is 271 Å². The molecule has 0 aromatic carbocycles. The van der Waals surface area contributed by atoms with Gasteiger partial charge in [-0.1, -0.05) is 0 Å². The maximum atomic E-state index is 5.80. The van der Waals surface area contributed by atoms with Gasteiger partial charge in [-0.15, -0.1) is 0 Å². The van der Waals surface area contributed by atoms with Crippen molar-refractivity contribution in [2.75, 3.05) is 46.2 Å². The first-order chi connectivity index (χ1) is 20.3. The van der Waals surface area contributed by atoms with Crippen LogP contribution < -0.4 is 0 Å². The van der Waals surface area contributed by atoms with Crippen molar-refractivity contribution < 1.29 is 37.9 Å². The van der Waals surface area contributed by atoms with E-state index < -0.39 is 0 Å². The molecular weight excluding hydrogens is 560 g/mol. The molecule has 0 aromatic heterocycles. The fourth-order valence-corrected chi connectivity index (χ4v) is 5.10. The molecule has 4 rings (SSSR count). The van der Waals surface area contributed by atoms with Crippen molar-refractivity contribution in [1.82, 2.24) is 0 Å². The second-order valence-corrected chi connectivity index (χ2v) is 16.2. The monoisotopic (exact) mass is 633 g/mol. The zero-order chi connectivity index (χ0) is 33.3. The predicted octanol–water partition coefficient (Wildman–Crippen LogP) is 8.27. The summed E-state index contributed by atoms with van der Waals surface area (Å²) in [5, 5.41) is 0. The SMILES string of the molecule is CC(C)(C)OC1CCCCO1.CC(C)(C)OC1CCCOC1.CC(C)(C)OC1CCCOC1.CC(C)(C)OC1CCOCC1. The number of rotatable bonds is 4. The lowest BCUT2D eigenvalue weighted by Gasteiger charge is -2.30. The molecular formula is C36H72O8. The van der Waals surface area contributed by atoms with Crippen LogP contribution in [0.2, 0.25) is 0 Å². The van der Waals surface area contributed by atoms with Crippen LogP contribution in [0.3, 0.4) is 0 Å². The zero-order valence-electron chi connectivity index (χ0n) is 30.9. The number of ether oxygens (including phenoxy) is 8. The molecule has 4 aliphatic heterocycles. The van der Waals surface area contributed by atoms with E-state index in [0.717, 1.165) is 91.2 Å². The van der Waals surface area contributed by atoms with Gasteiger partial charge in [0, 0.05) is 33.0 Å². The van der Waals surface area contributed by atoms with Crippen LogP contribution in [-0.4, -0.2) is 93.3 Å². The van der Waals surface area contributed by atoms with Gasteiger partial charge in [-0.3, -0.25) is 0 Å². The van der Waals surface area contributed by atoms with Crippen LogP contribution in [0, 0.1) is 0 Å². The van der Waals surface area contributed by atoms with E-state index in [4.69, 9.17) is 37.9 Å². The van der Waals surface area contributed by atoms with E-state index in [1.165, 1.54) is 12.8 Å². The minimum Gasteiger partial charge on any atom is -0.381 e. The van der Waals surface area contributed by atoms with Crippen LogP contribution in [0.25, 0.3) is 0 Å². The standard InChI is InChI=1S/4C9H18O2/c1-9(2,3)11-8-4-6-10-7-5-8;2*1-9(2,3)11-8-5-4-6-10-7-8;1-9(2,3)11-8-6-4-5-7-10-8/h4*8H,4-7H2,1-3H3. The van der Waals surface area contributed by atoms with Crippen molar-refractivity contribution in [2.45, 2.75) is 188 Å². The molecule has 4 heterocycles. The third kappa shape index (κ3) is 25.8. The molecule has 0 amide bonds. The minimum atomic E-state index is -0.0675. The average Bonchev–Trinajstić information content (AvgIpc) is 2.88. The number of hydrogen-bond donors (Lipinski definition) is 0. The first-order valence-corrected chi connectivity index (χ1v) is 17.4. The van der Waals surface area contributed by atoms with E-state index in [1.807, 2.05) is 0 Å². The molecule has 3 atom stereocenters. The molecule has 4 fully saturated rings. The molecule has 44 heavy (non-hydrogen) atoms. The predicted molar refractivity (Wildman–Crippen MR) is 178 cm³/mol. The van der Waals surface area contributed by atoms with Gasteiger partial charge in [0.15, 0.2) is 6.29 Å². The highest BCUT2D eigenvalue weighted by molar-refractivity contribution is 4.70. The third-order valence-electron chi connectivity index (χ3n) is 6.59. The smallest absolute Gasteiger partial charge is 0.158 e. The first-order valence-electron chi connectivity index (χ1n) is 17.4. The highest BCUT2D eigenvalue weighted by Crippen LogP contribution is 2.21. The van der Waals surface area contributed by atoms with Crippen LogP contribution in [0.1, 0.15) is 141 Å². The van der Waals surface area contributed by atoms with Gasteiger partial charge in [0.2, 0.25) is 0 Å². The third-order valence-corrected chi connectivity index (χ3v) is 6.59. The molecule has 0 saturated carbocycles. The molecule has 264 valence electrons. The molecule has 4 saturated heterocycles. The first kappa shape index (κ1) is 41.7. The summed E-state index contributed by atoms with van der Waals surface area (Å²) in [5.74, 6) is 0. The topological polar surface area (TPSA) is 73.8 Å². The highest BCUT2D eigenvalue weighted by atomic mass is 16.7. The van der Waals surface area contributed by atoms with Gasteiger partial charge in [-0.2, -0.15) is 0 Å². The molecule has 0 aliphatic carbocycles. The Morgan fingerprint density at radius 2 is 0.818 bits per heavy atom. The van der Waals surface area contributed by atoms with E-state index in [-0.39, 0.29) is 28.7 Å². The summed E-state index contributed by atoms with van der Waals surface area (Å²) in [5.41, 5.74) is -0.110. The van der Waals surface area contributed by atoms with E-state index in [0.29, 0.717) is 18.3 Å². The van der Waals surface area contributed by atoms with Crippen molar-refractivity contribution in [3.05, 3.63) is 0 Å². The maximum absolute atomic E-state index is 5.80. The van der Waals surface area contributed by atoms with Gasteiger partial charge in [0.05, 0.1) is 53.9 Å². The molecule has 4 aliphatic rings. The average molecular weight is 633 g/mol. The Morgan fingerprint density at radius 1 is 0.386 bits per heavy atom. The molecule has 0 bridgehead atoms. The van der Waals surface area contributed by atoms with Crippen molar-refractivity contribution in [2.24, 2.45) is 0 Å². The summed E-state index contributed by atoms with van der Waals surface area (Å²) in [7, 11) is 0. The highest BCUT2D eigenvalue weighted by Gasteiger charge is 2.23. The van der Waals surface area contributed by atoms with E-state index in [9.17, 15) is 0 Å². The van der Waals surface area contributed by atoms with Crippen LogP contribution in [0.15, 0.2) is 0 Å². The Hall–Kier alpha value is -0.320. The molecule has 0 N–H and O–H groups in total. The van der Waals surface area contributed by atoms with E-state index in [1.54, 1.807) is 0 Å². The molecule has 0 spiro atoms. The lowest BCUT2D eigenvalue weighted by atomic mass is 10.1. The summed E-state index contributed by atoms with van der Waals surface area (Å²) >= 11 is 0. The van der Waals surface area contributed by atoms with Gasteiger partial charge in [0.1, 0.15) is 0 Å². The molecule has 8 heteroatoms. The van der Waals surface area contributed by atoms with E-state index >= 15 is 0 Å². The summed E-state index contributed by atoms with van der Waals surface area (Å²) in [6.45, 7) is 30.9. The maximum Gasteiger partial charge on any atom is 0.158 e. The normalized spacial score (nSPS) is 25.8. The van der Waals surface area contributed by atoms with Crippen LogP contribution in [-0.2, 0) is 37.9 Å². The van der Waals surface area contributed by atoms with Crippen LogP contribution in [0.5, 0.6) is 0 Å². The lowest BCUT2D eigenvalue weighted by Crippen LogP contribution is -2.33. The van der Waals surface area contributed by atoms with Crippen molar-refractivity contribution in [3.8, 4) is 0 Å². The Morgan fingerprint density at radius 3 is 1.16 bits per heavy atom. The zero-order valence-corrected chi connectivity index (χ0v) is 30.9. The minimum absolute atomic E-state index is 0.00199. The fraction of sp³-hybridized carbons (Fsp3) is 1.00. The molecule has 8 nitrogen and oxygen atoms in total. The summed E-state index contributed by atoms with van der Waals surface area (Å²) in [4.78, 5) is 0. The second kappa shape index (κ2) is 20.8. The van der Waals surface area contributed by atoms with Gasteiger partial charge in [-0.25, -0.2) is 0 Å². The quantitative estimate of drug-likeness (QED) is 0.307. The largest absolute Gasteiger partial charge is 0.381 e. The van der Waals surface area contributed by atoms with Crippen molar-refractivity contribution in [3.63, 3.8) is 0 Å². The van der Waals surface area contributed by atoms with Gasteiger partial charge in [-0.05, 0) is 141 Å². The second-order valence-electron chi connectivity index (χ2n) is 16.2. The van der Waals surface area contributed by atoms with Crippen molar-refractivity contribution >= 4 is 0 Å². The molecule has 0 radical (unpaired) electrons.